The number of hydrogen-bond acceptors (Lipinski definition) is 6. The minimum Gasteiger partial charge on any atom is -0.391 e. The Morgan fingerprint density at radius 2 is 1.72 bits per heavy atom. The second-order valence-electron chi connectivity index (χ2n) is 8.22. The Labute approximate surface area is 188 Å². The van der Waals surface area contributed by atoms with Gasteiger partial charge in [-0.05, 0) is 55.1 Å². The fourth-order valence-corrected chi connectivity index (χ4v) is 3.82. The van der Waals surface area contributed by atoms with Crippen molar-refractivity contribution in [2.75, 3.05) is 13.1 Å². The molecule has 0 saturated carbocycles. The summed E-state index contributed by atoms with van der Waals surface area (Å²) in [5, 5.41) is 27.9. The average Bonchev–Trinajstić information content (AvgIpc) is 2.83. The number of hydroxylamine groups is 1. The third kappa shape index (κ3) is 6.61. The molecule has 6 N–H and O–H groups in total. The van der Waals surface area contributed by atoms with Crippen molar-refractivity contribution in [1.29, 1.82) is 0 Å². The van der Waals surface area contributed by atoms with Gasteiger partial charge in [0.1, 0.15) is 6.04 Å². The number of carbonyl (C=O) groups excluding carboxylic acids is 2. The molecule has 0 aromatic heterocycles. The van der Waals surface area contributed by atoms with Crippen LogP contribution in [0.15, 0.2) is 48.5 Å². The molecule has 3 atom stereocenters. The summed E-state index contributed by atoms with van der Waals surface area (Å²) in [6, 6.07) is 14.6. The number of nitrogens with one attached hydrogen (secondary N) is 4. The van der Waals surface area contributed by atoms with Crippen LogP contribution in [-0.2, 0) is 11.3 Å². The molecule has 1 saturated heterocycles. The minimum absolute atomic E-state index is 0.349. The molecular weight excluding hydrogens is 408 g/mol. The van der Waals surface area contributed by atoms with Crippen LogP contribution in [0.2, 0.25) is 0 Å². The molecule has 8 heteroatoms. The molecule has 1 fully saturated rings. The van der Waals surface area contributed by atoms with E-state index in [1.165, 1.54) is 37.2 Å². The van der Waals surface area contributed by atoms with Crippen LogP contribution in [0.25, 0.3) is 11.1 Å². The highest BCUT2D eigenvalue weighted by molar-refractivity contribution is 5.97. The molecule has 0 radical (unpaired) electrons. The van der Waals surface area contributed by atoms with Crippen LogP contribution in [0.5, 0.6) is 0 Å². The Hall–Kier alpha value is -2.78. The van der Waals surface area contributed by atoms with Crippen LogP contribution in [-0.4, -0.2) is 53.4 Å². The summed E-state index contributed by atoms with van der Waals surface area (Å²) in [7, 11) is 0. The summed E-state index contributed by atoms with van der Waals surface area (Å²) < 4.78 is 0. The van der Waals surface area contributed by atoms with Crippen molar-refractivity contribution in [1.82, 2.24) is 21.4 Å². The summed E-state index contributed by atoms with van der Waals surface area (Å²) in [5.41, 5.74) is 5.01. The molecular formula is C24H32N4O4. The number of aliphatic hydroxyl groups is 1. The first-order chi connectivity index (χ1) is 15.5. The SMILES string of the molecule is C[C@@H](O)[C@H](NC(=O)c1ccc(-c2ccc(CNCC3CCCCN3)cc2)cc1)C(=O)NO. The fraction of sp³-hybridized carbons (Fsp3) is 0.417. The van der Waals surface area contributed by atoms with E-state index in [9.17, 15) is 14.7 Å². The van der Waals surface area contributed by atoms with Gasteiger partial charge in [0.15, 0.2) is 0 Å². The Morgan fingerprint density at radius 3 is 2.28 bits per heavy atom. The molecule has 1 aliphatic rings. The lowest BCUT2D eigenvalue weighted by Crippen LogP contribution is -2.51. The zero-order valence-electron chi connectivity index (χ0n) is 18.3. The second kappa shape index (κ2) is 11.7. The van der Waals surface area contributed by atoms with Gasteiger partial charge in [-0.25, -0.2) is 5.48 Å². The van der Waals surface area contributed by atoms with Crippen molar-refractivity contribution in [3.8, 4) is 11.1 Å². The maximum Gasteiger partial charge on any atom is 0.268 e. The largest absolute Gasteiger partial charge is 0.391 e. The quantitative estimate of drug-likeness (QED) is 0.260. The van der Waals surface area contributed by atoms with E-state index in [4.69, 9.17) is 5.21 Å². The van der Waals surface area contributed by atoms with E-state index in [-0.39, 0.29) is 0 Å². The van der Waals surface area contributed by atoms with Crippen molar-refractivity contribution >= 4 is 11.8 Å². The fourth-order valence-electron chi connectivity index (χ4n) is 3.82. The number of piperidine rings is 1. The van der Waals surface area contributed by atoms with Crippen molar-refractivity contribution in [3.05, 3.63) is 59.7 Å². The zero-order chi connectivity index (χ0) is 22.9. The number of carbonyl (C=O) groups is 2. The lowest BCUT2D eigenvalue weighted by Gasteiger charge is -2.23. The molecule has 0 aliphatic carbocycles. The highest BCUT2D eigenvalue weighted by Crippen LogP contribution is 2.20. The van der Waals surface area contributed by atoms with E-state index in [0.717, 1.165) is 30.8 Å². The van der Waals surface area contributed by atoms with Crippen LogP contribution in [0, 0.1) is 0 Å². The van der Waals surface area contributed by atoms with Gasteiger partial charge in [0.2, 0.25) is 0 Å². The van der Waals surface area contributed by atoms with Gasteiger partial charge in [0, 0.05) is 24.7 Å². The molecule has 2 aromatic carbocycles. The molecule has 8 nitrogen and oxygen atoms in total. The number of amides is 2. The second-order valence-corrected chi connectivity index (χ2v) is 8.22. The Morgan fingerprint density at radius 1 is 1.06 bits per heavy atom. The highest BCUT2D eigenvalue weighted by atomic mass is 16.5. The van der Waals surface area contributed by atoms with Crippen LogP contribution in [0.4, 0.5) is 0 Å². The van der Waals surface area contributed by atoms with Gasteiger partial charge in [-0.1, -0.05) is 42.8 Å². The Balaban J connectivity index is 1.54. The molecule has 1 aliphatic heterocycles. The predicted molar refractivity (Wildman–Crippen MR) is 122 cm³/mol. The molecule has 1 heterocycles. The van der Waals surface area contributed by atoms with Gasteiger partial charge in [-0.2, -0.15) is 0 Å². The monoisotopic (exact) mass is 440 g/mol. The van der Waals surface area contributed by atoms with Gasteiger partial charge in [0.05, 0.1) is 6.10 Å². The molecule has 0 bridgehead atoms. The number of benzene rings is 2. The van der Waals surface area contributed by atoms with Crippen LogP contribution >= 0.6 is 0 Å². The van der Waals surface area contributed by atoms with E-state index in [1.807, 2.05) is 12.1 Å². The van der Waals surface area contributed by atoms with Crippen molar-refractivity contribution in [2.24, 2.45) is 0 Å². The number of aliphatic hydroxyl groups excluding tert-OH is 1. The first-order valence-electron chi connectivity index (χ1n) is 11.0. The molecule has 2 amide bonds. The predicted octanol–water partition coefficient (Wildman–Crippen LogP) is 1.57. The maximum atomic E-state index is 12.4. The van der Waals surface area contributed by atoms with Crippen molar-refractivity contribution in [3.63, 3.8) is 0 Å². The zero-order valence-corrected chi connectivity index (χ0v) is 18.3. The van der Waals surface area contributed by atoms with Gasteiger partial charge in [0.25, 0.3) is 11.8 Å². The topological polar surface area (TPSA) is 123 Å². The van der Waals surface area contributed by atoms with Gasteiger partial charge in [-0.3, -0.25) is 14.8 Å². The third-order valence-electron chi connectivity index (χ3n) is 5.73. The first-order valence-corrected chi connectivity index (χ1v) is 11.0. The Bertz CT molecular complexity index is 878. The van der Waals surface area contributed by atoms with Crippen LogP contribution in [0.3, 0.4) is 0 Å². The standard InChI is InChI=1S/C24H32N4O4/c1-16(29)22(24(31)28-32)27-23(30)20-11-9-19(10-12-20)18-7-5-17(6-8-18)14-25-15-21-4-2-3-13-26-21/h5-12,16,21-22,25-26,29,32H,2-4,13-15H2,1H3,(H,27,30)(H,28,31)/t16-,21?,22+/m1/s1. The number of hydrogen-bond donors (Lipinski definition) is 6. The molecule has 3 rings (SSSR count). The van der Waals surface area contributed by atoms with Gasteiger partial charge in [-0.15, -0.1) is 0 Å². The lowest BCUT2D eigenvalue weighted by atomic mass is 10.0. The van der Waals surface area contributed by atoms with E-state index >= 15 is 0 Å². The summed E-state index contributed by atoms with van der Waals surface area (Å²) in [4.78, 5) is 24.0. The van der Waals surface area contributed by atoms with Crippen molar-refractivity contribution < 1.29 is 19.9 Å². The molecule has 172 valence electrons. The van der Waals surface area contributed by atoms with E-state index in [0.29, 0.717) is 11.6 Å². The molecule has 32 heavy (non-hydrogen) atoms. The summed E-state index contributed by atoms with van der Waals surface area (Å²) in [5.74, 6) is -1.39. The van der Waals surface area contributed by atoms with Gasteiger partial charge < -0.3 is 21.1 Å². The van der Waals surface area contributed by atoms with Crippen molar-refractivity contribution in [2.45, 2.75) is 50.9 Å². The Kier molecular flexibility index (Phi) is 8.75. The maximum absolute atomic E-state index is 12.4. The van der Waals surface area contributed by atoms with Crippen LogP contribution in [0.1, 0.15) is 42.1 Å². The van der Waals surface area contributed by atoms with E-state index < -0.39 is 24.0 Å². The van der Waals surface area contributed by atoms with E-state index in [2.05, 4.69) is 40.2 Å². The molecule has 1 unspecified atom stereocenters. The number of rotatable bonds is 9. The summed E-state index contributed by atoms with van der Waals surface area (Å²) >= 11 is 0. The smallest absolute Gasteiger partial charge is 0.268 e. The first kappa shape index (κ1) is 23.9. The third-order valence-corrected chi connectivity index (χ3v) is 5.73. The average molecular weight is 441 g/mol. The highest BCUT2D eigenvalue weighted by Gasteiger charge is 2.25. The van der Waals surface area contributed by atoms with Crippen LogP contribution < -0.4 is 21.4 Å². The molecule has 0 spiro atoms. The lowest BCUT2D eigenvalue weighted by molar-refractivity contribution is -0.133. The summed E-state index contributed by atoms with van der Waals surface area (Å²) in [6.45, 7) is 4.26. The van der Waals surface area contributed by atoms with E-state index in [1.54, 1.807) is 12.1 Å². The molecule has 2 aromatic rings. The summed E-state index contributed by atoms with van der Waals surface area (Å²) in [6.07, 6.45) is 2.65. The van der Waals surface area contributed by atoms with Gasteiger partial charge >= 0.3 is 0 Å². The normalized spacial score (nSPS) is 17.9. The minimum atomic E-state index is -1.25.